The zero-order valence-corrected chi connectivity index (χ0v) is 16.8. The van der Waals surface area contributed by atoms with Crippen LogP contribution in [-0.2, 0) is 19.5 Å². The lowest BCUT2D eigenvalue weighted by molar-refractivity contribution is 0.0512. The molecule has 0 fully saturated rings. The highest BCUT2D eigenvalue weighted by atomic mass is 32.2. The minimum Gasteiger partial charge on any atom is -0.461 e. The normalized spacial score (nSPS) is 11.9. The first-order valence-corrected chi connectivity index (χ1v) is 9.70. The molecule has 1 aromatic rings. The fourth-order valence-electron chi connectivity index (χ4n) is 2.07. The van der Waals surface area contributed by atoms with Crippen molar-refractivity contribution in [1.82, 2.24) is 15.0 Å². The van der Waals surface area contributed by atoms with Gasteiger partial charge in [0.2, 0.25) is 0 Å². The second-order valence-corrected chi connectivity index (χ2v) is 8.33. The minimum absolute atomic E-state index is 0.0339. The summed E-state index contributed by atoms with van der Waals surface area (Å²) in [7, 11) is -3.88. The Hall–Kier alpha value is -2.07. The van der Waals surface area contributed by atoms with E-state index in [0.29, 0.717) is 11.1 Å². The number of esters is 1. The summed E-state index contributed by atoms with van der Waals surface area (Å²) in [5.74, 6) is -0.610. The van der Waals surface area contributed by atoms with Gasteiger partial charge in [-0.2, -0.15) is 0 Å². The molecule has 148 valence electrons. The Bertz CT molecular complexity index is 762. The number of amides is 1. The van der Waals surface area contributed by atoms with Gasteiger partial charge in [-0.15, -0.1) is 0 Å². The lowest BCUT2D eigenvalue weighted by Gasteiger charge is -2.19. The molecule has 9 nitrogen and oxygen atoms in total. The van der Waals surface area contributed by atoms with Crippen molar-refractivity contribution in [3.05, 3.63) is 16.8 Å². The molecule has 1 amide bonds. The van der Waals surface area contributed by atoms with Crippen molar-refractivity contribution < 1.29 is 27.5 Å². The van der Waals surface area contributed by atoms with Crippen LogP contribution in [0.15, 0.2) is 5.03 Å². The summed E-state index contributed by atoms with van der Waals surface area (Å²) >= 11 is 0. The third-order valence-electron chi connectivity index (χ3n) is 3.35. The molecule has 0 aliphatic rings. The Morgan fingerprint density at radius 3 is 2.27 bits per heavy atom. The molecule has 3 N–H and O–H groups in total. The quantitative estimate of drug-likeness (QED) is 0.480. The highest BCUT2D eigenvalue weighted by Crippen LogP contribution is 2.22. The lowest BCUT2D eigenvalue weighted by Crippen LogP contribution is -2.38. The number of aromatic nitrogens is 1. The van der Waals surface area contributed by atoms with Crippen LogP contribution in [-0.4, -0.2) is 50.8 Å². The smallest absolute Gasteiger partial charge is 0.407 e. The molecule has 0 aliphatic carbocycles. The fraction of sp³-hybridized carbons (Fsp3) is 0.625. The molecule has 0 bridgehead atoms. The Balaban J connectivity index is 2.73. The van der Waals surface area contributed by atoms with Gasteiger partial charge in [0.15, 0.2) is 5.03 Å². The van der Waals surface area contributed by atoms with Gasteiger partial charge in [-0.05, 0) is 52.7 Å². The van der Waals surface area contributed by atoms with Gasteiger partial charge in [-0.3, -0.25) is 0 Å². The van der Waals surface area contributed by atoms with Crippen molar-refractivity contribution in [1.29, 1.82) is 0 Å². The maximum absolute atomic E-state index is 12.4. The first-order valence-electron chi connectivity index (χ1n) is 8.22. The summed E-state index contributed by atoms with van der Waals surface area (Å²) in [4.78, 5) is 26.0. The summed E-state index contributed by atoms with van der Waals surface area (Å²) in [5.41, 5.74) is 0.416. The number of aromatic amines is 1. The Kier molecular flexibility index (Phi) is 7.22. The molecular weight excluding hydrogens is 362 g/mol. The van der Waals surface area contributed by atoms with E-state index in [2.05, 4.69) is 15.0 Å². The summed E-state index contributed by atoms with van der Waals surface area (Å²) in [6, 6.07) is 0. The molecule has 0 aliphatic heterocycles. The van der Waals surface area contributed by atoms with Crippen molar-refractivity contribution in [2.45, 2.75) is 52.2 Å². The molecule has 1 aromatic heterocycles. The third-order valence-corrected chi connectivity index (χ3v) is 4.88. The van der Waals surface area contributed by atoms with E-state index in [9.17, 15) is 18.0 Å². The molecule has 0 atom stereocenters. The molecule has 0 saturated carbocycles. The van der Waals surface area contributed by atoms with Crippen LogP contribution in [0.2, 0.25) is 0 Å². The molecule has 1 heterocycles. The number of alkyl carbamates (subject to hydrolysis) is 1. The molecule has 0 unspecified atom stereocenters. The van der Waals surface area contributed by atoms with Gasteiger partial charge in [0.1, 0.15) is 11.3 Å². The van der Waals surface area contributed by atoms with E-state index in [4.69, 9.17) is 9.47 Å². The topological polar surface area (TPSA) is 127 Å². The predicted octanol–water partition coefficient (Wildman–Crippen LogP) is 1.61. The van der Waals surface area contributed by atoms with E-state index in [0.717, 1.165) is 0 Å². The zero-order chi connectivity index (χ0) is 20.1. The molecule has 0 saturated heterocycles. The SMILES string of the molecule is CCOC(=O)c1[nH]c(S(=O)(=O)NCCNC(=O)OC(C)(C)C)c(C)c1C. The number of hydrogen-bond donors (Lipinski definition) is 3. The van der Waals surface area contributed by atoms with E-state index >= 15 is 0 Å². The van der Waals surface area contributed by atoms with Gasteiger partial charge < -0.3 is 19.8 Å². The first-order chi connectivity index (χ1) is 11.9. The molecule has 1 rings (SSSR count). The average Bonchev–Trinajstić information content (AvgIpc) is 2.79. The van der Waals surface area contributed by atoms with Crippen LogP contribution in [0.3, 0.4) is 0 Å². The van der Waals surface area contributed by atoms with Gasteiger partial charge >= 0.3 is 12.1 Å². The highest BCUT2D eigenvalue weighted by Gasteiger charge is 2.25. The lowest BCUT2D eigenvalue weighted by atomic mass is 10.2. The van der Waals surface area contributed by atoms with Crippen LogP contribution in [0.4, 0.5) is 4.79 Å². The van der Waals surface area contributed by atoms with E-state index in [-0.39, 0.29) is 30.4 Å². The monoisotopic (exact) mass is 389 g/mol. The number of H-pyrrole nitrogens is 1. The summed E-state index contributed by atoms with van der Waals surface area (Å²) in [6.07, 6.45) is -0.631. The standard InChI is InChI=1S/C16H27N3O6S/c1-7-24-14(20)12-10(2)11(3)13(19-12)26(22,23)18-9-8-17-15(21)25-16(4,5)6/h18-19H,7-9H2,1-6H3,(H,17,21). The number of ether oxygens (including phenoxy) is 2. The summed E-state index contributed by atoms with van der Waals surface area (Å²) in [6.45, 7) is 10.3. The van der Waals surface area contributed by atoms with Gasteiger partial charge in [0, 0.05) is 13.1 Å². The van der Waals surface area contributed by atoms with Crippen molar-refractivity contribution in [2.75, 3.05) is 19.7 Å². The molecular formula is C16H27N3O6S. The number of sulfonamides is 1. The number of nitrogens with one attached hydrogen (secondary N) is 3. The summed E-state index contributed by atoms with van der Waals surface area (Å²) in [5, 5.41) is 2.36. The van der Waals surface area contributed by atoms with E-state index in [1.807, 2.05) is 0 Å². The van der Waals surface area contributed by atoms with Gasteiger partial charge in [-0.1, -0.05) is 0 Å². The zero-order valence-electron chi connectivity index (χ0n) is 16.0. The van der Waals surface area contributed by atoms with Crippen LogP contribution < -0.4 is 10.0 Å². The van der Waals surface area contributed by atoms with Crippen LogP contribution in [0.25, 0.3) is 0 Å². The minimum atomic E-state index is -3.88. The van der Waals surface area contributed by atoms with E-state index < -0.39 is 27.7 Å². The largest absolute Gasteiger partial charge is 0.461 e. The van der Waals surface area contributed by atoms with E-state index in [1.54, 1.807) is 41.5 Å². The Labute approximate surface area is 153 Å². The van der Waals surface area contributed by atoms with Crippen molar-refractivity contribution in [3.63, 3.8) is 0 Å². The van der Waals surface area contributed by atoms with Crippen molar-refractivity contribution in [2.24, 2.45) is 0 Å². The molecule has 0 spiro atoms. The van der Waals surface area contributed by atoms with Crippen molar-refractivity contribution in [3.8, 4) is 0 Å². The van der Waals surface area contributed by atoms with E-state index in [1.165, 1.54) is 0 Å². The highest BCUT2D eigenvalue weighted by molar-refractivity contribution is 7.89. The maximum Gasteiger partial charge on any atom is 0.407 e. The second-order valence-electron chi connectivity index (χ2n) is 6.63. The van der Waals surface area contributed by atoms with Crippen molar-refractivity contribution >= 4 is 22.1 Å². The third kappa shape index (κ3) is 6.03. The molecule has 26 heavy (non-hydrogen) atoms. The van der Waals surface area contributed by atoms with Gasteiger partial charge in [0.25, 0.3) is 10.0 Å². The molecule has 10 heteroatoms. The van der Waals surface area contributed by atoms with Gasteiger partial charge in [-0.25, -0.2) is 22.7 Å². The second kappa shape index (κ2) is 8.54. The van der Waals surface area contributed by atoms with Crippen LogP contribution in [0.1, 0.15) is 49.3 Å². The molecule has 0 aromatic carbocycles. The van der Waals surface area contributed by atoms with Crippen LogP contribution in [0, 0.1) is 13.8 Å². The maximum atomic E-state index is 12.4. The number of carbonyl (C=O) groups is 2. The predicted molar refractivity (Wildman–Crippen MR) is 95.6 cm³/mol. The number of carbonyl (C=O) groups excluding carboxylic acids is 2. The Morgan fingerprint density at radius 1 is 1.12 bits per heavy atom. The number of rotatable bonds is 7. The average molecular weight is 389 g/mol. The van der Waals surface area contributed by atoms with Crippen LogP contribution >= 0.6 is 0 Å². The molecule has 0 radical (unpaired) electrons. The van der Waals surface area contributed by atoms with Gasteiger partial charge in [0.05, 0.1) is 6.61 Å². The summed E-state index contributed by atoms with van der Waals surface area (Å²) < 4.78 is 37.2. The fourth-order valence-corrected chi connectivity index (χ4v) is 3.38. The van der Waals surface area contributed by atoms with Crippen LogP contribution in [0.5, 0.6) is 0 Å². The first kappa shape index (κ1) is 22.0. The Morgan fingerprint density at radius 2 is 1.73 bits per heavy atom. The number of hydrogen-bond acceptors (Lipinski definition) is 6.